The molecule has 10 atom stereocenters. The van der Waals surface area contributed by atoms with Crippen molar-refractivity contribution in [2.24, 2.45) is 0 Å². The van der Waals surface area contributed by atoms with Crippen LogP contribution in [-0.2, 0) is 80.4 Å². The van der Waals surface area contributed by atoms with E-state index in [-0.39, 0.29) is 26.4 Å². The topological polar surface area (TPSA) is 113 Å². The summed E-state index contributed by atoms with van der Waals surface area (Å²) < 4.78 is 64.3. The van der Waals surface area contributed by atoms with Gasteiger partial charge in [0.2, 0.25) is 0 Å². The van der Waals surface area contributed by atoms with E-state index in [1.807, 2.05) is 152 Å². The fraction of sp³-hybridized carbons (Fsp3) is 0.388. The van der Waals surface area contributed by atoms with E-state index in [0.29, 0.717) is 19.8 Å². The van der Waals surface area contributed by atoms with Crippen LogP contribution in [0.3, 0.4) is 0 Å². The maximum atomic E-state index is 11.8. The fourth-order valence-corrected chi connectivity index (χ4v) is 7.53. The van der Waals surface area contributed by atoms with Gasteiger partial charge in [-0.2, -0.15) is 0 Å². The average molecular weight is 821 g/mol. The van der Waals surface area contributed by atoms with Crippen molar-refractivity contribution < 1.29 is 52.5 Å². The zero-order valence-corrected chi connectivity index (χ0v) is 34.2. The molecule has 2 saturated heterocycles. The van der Waals surface area contributed by atoms with E-state index in [9.17, 15) is 5.11 Å². The van der Waals surface area contributed by atoms with Gasteiger partial charge in [0.15, 0.2) is 12.6 Å². The second-order valence-corrected chi connectivity index (χ2v) is 14.9. The Morgan fingerprint density at radius 2 is 0.750 bits per heavy atom. The van der Waals surface area contributed by atoms with Crippen molar-refractivity contribution in [2.45, 2.75) is 94.4 Å². The van der Waals surface area contributed by atoms with Gasteiger partial charge in [0.05, 0.1) is 46.2 Å². The molecule has 0 amide bonds. The predicted molar refractivity (Wildman–Crippen MR) is 223 cm³/mol. The third-order valence-corrected chi connectivity index (χ3v) is 10.7. The molecular weight excluding hydrogens is 765 g/mol. The monoisotopic (exact) mass is 820 g/mol. The second-order valence-electron chi connectivity index (χ2n) is 14.9. The SMILES string of the molecule is CO[C@H]1O[C@H](CO[C@H]2O[C@H](COCc3ccccc3)[C@@H](OCc3ccccc3)[C@@H](OC)[C@@H]2O)[C@@H](OCc2ccccc2)[C@H](OCc2ccccc2)[C@H]1OCc1ccccc1. The molecule has 318 valence electrons. The van der Waals surface area contributed by atoms with E-state index >= 15 is 0 Å². The summed E-state index contributed by atoms with van der Waals surface area (Å²) in [6.07, 6.45) is -8.13. The van der Waals surface area contributed by atoms with E-state index in [2.05, 4.69) is 0 Å². The number of ether oxygens (including phenoxy) is 10. The van der Waals surface area contributed by atoms with Crippen molar-refractivity contribution >= 4 is 0 Å². The fourth-order valence-electron chi connectivity index (χ4n) is 7.53. The molecule has 0 unspecified atom stereocenters. The lowest BCUT2D eigenvalue weighted by Gasteiger charge is -2.47. The molecule has 2 fully saturated rings. The van der Waals surface area contributed by atoms with E-state index < -0.39 is 61.4 Å². The van der Waals surface area contributed by atoms with Gasteiger partial charge < -0.3 is 52.5 Å². The normalized spacial score (nSPS) is 26.8. The third-order valence-electron chi connectivity index (χ3n) is 10.7. The Kier molecular flexibility index (Phi) is 16.8. The number of hydrogen-bond donors (Lipinski definition) is 1. The standard InChI is InChI=1S/C49H56O11/c1-51-45-42(50)48(59-40(33-53-28-35-18-8-3-9-19-35)43(45)54-29-36-20-10-4-11-21-36)58-34-41-44(55-30-37-22-12-5-13-23-37)46(56-31-38-24-14-6-15-25-38)47(49(52-2)60-41)57-32-39-26-16-7-17-27-39/h3-27,40-50H,28-34H2,1-2H3/t40-,41-,42+,43-,44-,45+,46+,47-,48+,49+/m1/s1. The van der Waals surface area contributed by atoms with Gasteiger partial charge in [-0.1, -0.05) is 152 Å². The lowest BCUT2D eigenvalue weighted by molar-refractivity contribution is -0.345. The molecule has 60 heavy (non-hydrogen) atoms. The summed E-state index contributed by atoms with van der Waals surface area (Å²) >= 11 is 0. The van der Waals surface area contributed by atoms with Crippen LogP contribution in [0.2, 0.25) is 0 Å². The van der Waals surface area contributed by atoms with Crippen molar-refractivity contribution in [3.63, 3.8) is 0 Å². The van der Waals surface area contributed by atoms with E-state index in [4.69, 9.17) is 47.4 Å². The van der Waals surface area contributed by atoms with E-state index in [1.165, 1.54) is 0 Å². The molecule has 0 saturated carbocycles. The van der Waals surface area contributed by atoms with Crippen molar-refractivity contribution in [1.82, 2.24) is 0 Å². The predicted octanol–water partition coefficient (Wildman–Crippen LogP) is 7.03. The Morgan fingerprint density at radius 1 is 0.383 bits per heavy atom. The molecular formula is C49H56O11. The first-order chi connectivity index (χ1) is 29.6. The largest absolute Gasteiger partial charge is 0.385 e. The Morgan fingerprint density at radius 3 is 1.18 bits per heavy atom. The number of aliphatic hydroxyl groups excluding tert-OH is 1. The second kappa shape index (κ2) is 23.0. The van der Waals surface area contributed by atoms with Crippen LogP contribution in [0.15, 0.2) is 152 Å². The molecule has 2 aliphatic heterocycles. The molecule has 11 nitrogen and oxygen atoms in total. The minimum Gasteiger partial charge on any atom is -0.385 e. The summed E-state index contributed by atoms with van der Waals surface area (Å²) in [6, 6.07) is 49.5. The summed E-state index contributed by atoms with van der Waals surface area (Å²) in [5, 5.41) is 11.8. The molecule has 0 aromatic heterocycles. The smallest absolute Gasteiger partial charge is 0.186 e. The lowest BCUT2D eigenvalue weighted by Crippen LogP contribution is -2.63. The summed E-state index contributed by atoms with van der Waals surface area (Å²) in [7, 11) is 3.12. The van der Waals surface area contributed by atoms with Crippen LogP contribution in [0, 0.1) is 0 Å². The number of methoxy groups -OCH3 is 2. The van der Waals surface area contributed by atoms with Gasteiger partial charge >= 0.3 is 0 Å². The van der Waals surface area contributed by atoms with Crippen molar-refractivity contribution in [1.29, 1.82) is 0 Å². The first-order valence-electron chi connectivity index (χ1n) is 20.5. The molecule has 0 spiro atoms. The minimum atomic E-state index is -1.22. The van der Waals surface area contributed by atoms with Crippen molar-refractivity contribution in [2.75, 3.05) is 27.4 Å². The average Bonchev–Trinajstić information content (AvgIpc) is 3.30. The molecule has 1 N–H and O–H groups in total. The minimum absolute atomic E-state index is 0.0544. The quantitative estimate of drug-likeness (QED) is 0.0824. The van der Waals surface area contributed by atoms with Crippen LogP contribution in [0.4, 0.5) is 0 Å². The molecule has 5 aromatic rings. The Labute approximate surface area is 353 Å². The number of hydrogen-bond acceptors (Lipinski definition) is 11. The Bertz CT molecular complexity index is 1910. The third kappa shape index (κ3) is 12.2. The van der Waals surface area contributed by atoms with Gasteiger partial charge in [0.1, 0.15) is 48.8 Å². The maximum absolute atomic E-state index is 11.8. The number of aliphatic hydroxyl groups is 1. The highest BCUT2D eigenvalue weighted by atomic mass is 16.7. The van der Waals surface area contributed by atoms with Gasteiger partial charge in [-0.25, -0.2) is 0 Å². The van der Waals surface area contributed by atoms with Gasteiger partial charge in [-0.05, 0) is 27.8 Å². The molecule has 0 bridgehead atoms. The van der Waals surface area contributed by atoms with Crippen LogP contribution >= 0.6 is 0 Å². The molecule has 11 heteroatoms. The van der Waals surface area contributed by atoms with Crippen LogP contribution in [0.1, 0.15) is 27.8 Å². The number of benzene rings is 5. The first-order valence-corrected chi connectivity index (χ1v) is 20.5. The highest BCUT2D eigenvalue weighted by Crippen LogP contribution is 2.33. The summed E-state index contributed by atoms with van der Waals surface area (Å²) in [6.45, 7) is 1.62. The van der Waals surface area contributed by atoms with Crippen LogP contribution in [0.5, 0.6) is 0 Å². The van der Waals surface area contributed by atoms with E-state index in [1.54, 1.807) is 14.2 Å². The molecule has 2 aliphatic rings. The van der Waals surface area contributed by atoms with Gasteiger partial charge in [-0.3, -0.25) is 0 Å². The Balaban J connectivity index is 1.12. The highest BCUT2D eigenvalue weighted by molar-refractivity contribution is 5.17. The Hall–Kier alpha value is -4.34. The van der Waals surface area contributed by atoms with Gasteiger partial charge in [0, 0.05) is 14.2 Å². The summed E-state index contributed by atoms with van der Waals surface area (Å²) in [5.74, 6) is 0. The molecule has 0 aliphatic carbocycles. The molecule has 2 heterocycles. The van der Waals surface area contributed by atoms with Crippen molar-refractivity contribution in [3.05, 3.63) is 179 Å². The molecule has 7 rings (SSSR count). The highest BCUT2D eigenvalue weighted by Gasteiger charge is 2.51. The number of rotatable bonds is 21. The molecule has 5 aromatic carbocycles. The zero-order chi connectivity index (χ0) is 41.4. The van der Waals surface area contributed by atoms with Crippen LogP contribution in [0.25, 0.3) is 0 Å². The summed E-state index contributed by atoms with van der Waals surface area (Å²) in [5.41, 5.74) is 4.95. The van der Waals surface area contributed by atoms with Crippen LogP contribution in [-0.4, -0.2) is 94.0 Å². The van der Waals surface area contributed by atoms with Gasteiger partial charge in [-0.15, -0.1) is 0 Å². The zero-order valence-electron chi connectivity index (χ0n) is 34.2. The van der Waals surface area contributed by atoms with Crippen molar-refractivity contribution in [3.8, 4) is 0 Å². The van der Waals surface area contributed by atoms with Crippen LogP contribution < -0.4 is 0 Å². The lowest BCUT2D eigenvalue weighted by atomic mass is 9.97. The maximum Gasteiger partial charge on any atom is 0.186 e. The molecule has 0 radical (unpaired) electrons. The first kappa shape index (κ1) is 43.7. The van der Waals surface area contributed by atoms with E-state index in [0.717, 1.165) is 27.8 Å². The van der Waals surface area contributed by atoms with Gasteiger partial charge in [0.25, 0.3) is 0 Å². The summed E-state index contributed by atoms with van der Waals surface area (Å²) in [4.78, 5) is 0.